The second kappa shape index (κ2) is 9.17. The Hall–Kier alpha value is -3.07. The summed E-state index contributed by atoms with van der Waals surface area (Å²) in [5.41, 5.74) is 0.937. The molecule has 4 rings (SSSR count). The molecule has 1 fully saturated rings. The van der Waals surface area contributed by atoms with Gasteiger partial charge in [0.2, 0.25) is 17.7 Å². The minimum atomic E-state index is -0.527. The summed E-state index contributed by atoms with van der Waals surface area (Å²) in [5.74, 6) is -0.00718. The molecule has 156 valence electrons. The lowest BCUT2D eigenvalue weighted by Gasteiger charge is -2.22. The van der Waals surface area contributed by atoms with E-state index in [-0.39, 0.29) is 23.8 Å². The molecular formula is C21H21FN4O3S. The summed E-state index contributed by atoms with van der Waals surface area (Å²) in [6.45, 7) is 1.85. The number of carbonyl (C=O) groups excluding carboxylic acids is 2. The number of carbonyl (C=O) groups is 2. The number of aromatic nitrogens is 2. The van der Waals surface area contributed by atoms with Crippen molar-refractivity contribution in [3.05, 3.63) is 58.4 Å². The lowest BCUT2D eigenvalue weighted by Crippen LogP contribution is -2.37. The number of rotatable bonds is 5. The van der Waals surface area contributed by atoms with Gasteiger partial charge in [-0.05, 0) is 30.0 Å². The second-order valence-corrected chi connectivity index (χ2v) is 7.80. The molecule has 1 aliphatic rings. The zero-order valence-corrected chi connectivity index (χ0v) is 17.1. The molecule has 7 nitrogen and oxygen atoms in total. The smallest absolute Gasteiger partial charge is 0.256 e. The highest BCUT2D eigenvalue weighted by Crippen LogP contribution is 2.21. The van der Waals surface area contributed by atoms with Crippen LogP contribution in [0, 0.1) is 5.82 Å². The average Bonchev–Trinajstić information content (AvgIpc) is 3.39. The van der Waals surface area contributed by atoms with E-state index in [0.717, 1.165) is 5.56 Å². The van der Waals surface area contributed by atoms with Crippen LogP contribution in [-0.4, -0.2) is 58.0 Å². The van der Waals surface area contributed by atoms with Crippen molar-refractivity contribution < 1.29 is 18.4 Å². The Morgan fingerprint density at radius 3 is 2.67 bits per heavy atom. The Bertz CT molecular complexity index is 1020. The molecule has 3 heterocycles. The molecule has 3 aromatic rings. The van der Waals surface area contributed by atoms with Crippen molar-refractivity contribution in [3.8, 4) is 11.5 Å². The highest BCUT2D eigenvalue weighted by atomic mass is 32.1. The summed E-state index contributed by atoms with van der Waals surface area (Å²) in [5, 5.41) is 11.9. The highest BCUT2D eigenvalue weighted by molar-refractivity contribution is 7.08. The summed E-state index contributed by atoms with van der Waals surface area (Å²) < 4.78 is 19.5. The van der Waals surface area contributed by atoms with Crippen molar-refractivity contribution in [3.63, 3.8) is 0 Å². The number of thiophene rings is 1. The van der Waals surface area contributed by atoms with Gasteiger partial charge in [-0.15, -0.1) is 10.2 Å². The first-order valence-electron chi connectivity index (χ1n) is 9.78. The minimum Gasteiger partial charge on any atom is -0.421 e. The van der Waals surface area contributed by atoms with E-state index >= 15 is 0 Å². The molecule has 0 atom stereocenters. The molecule has 0 bridgehead atoms. The Kier molecular flexibility index (Phi) is 6.18. The maximum absolute atomic E-state index is 13.9. The first-order valence-corrected chi connectivity index (χ1v) is 10.7. The molecule has 0 spiro atoms. The Morgan fingerprint density at radius 1 is 1.07 bits per heavy atom. The summed E-state index contributed by atoms with van der Waals surface area (Å²) >= 11 is 1.55. The fourth-order valence-electron chi connectivity index (χ4n) is 3.40. The van der Waals surface area contributed by atoms with Crippen LogP contribution in [-0.2, 0) is 11.2 Å². The van der Waals surface area contributed by atoms with E-state index < -0.39 is 5.82 Å². The largest absolute Gasteiger partial charge is 0.421 e. The van der Waals surface area contributed by atoms with Crippen molar-refractivity contribution in [1.29, 1.82) is 0 Å². The van der Waals surface area contributed by atoms with Crippen LogP contribution in [0.25, 0.3) is 11.5 Å². The second-order valence-electron chi connectivity index (χ2n) is 7.02. The van der Waals surface area contributed by atoms with Gasteiger partial charge in [-0.2, -0.15) is 11.3 Å². The molecule has 0 N–H and O–H groups in total. The van der Waals surface area contributed by atoms with Gasteiger partial charge in [0.25, 0.3) is 5.91 Å². The summed E-state index contributed by atoms with van der Waals surface area (Å²) in [7, 11) is 0. The van der Waals surface area contributed by atoms with E-state index in [1.54, 1.807) is 33.3 Å². The number of nitrogens with zero attached hydrogens (tertiary/aromatic N) is 4. The zero-order valence-electron chi connectivity index (χ0n) is 16.3. The van der Waals surface area contributed by atoms with E-state index in [9.17, 15) is 14.0 Å². The van der Waals surface area contributed by atoms with Gasteiger partial charge in [-0.25, -0.2) is 4.39 Å². The van der Waals surface area contributed by atoms with Gasteiger partial charge in [0.1, 0.15) is 5.82 Å². The predicted molar refractivity (Wildman–Crippen MR) is 109 cm³/mol. The highest BCUT2D eigenvalue weighted by Gasteiger charge is 2.24. The number of hydrogen-bond acceptors (Lipinski definition) is 6. The molecule has 9 heteroatoms. The van der Waals surface area contributed by atoms with Crippen molar-refractivity contribution in [2.24, 2.45) is 0 Å². The Balaban J connectivity index is 1.30. The minimum absolute atomic E-state index is 0.0227. The average molecular weight is 428 g/mol. The van der Waals surface area contributed by atoms with Gasteiger partial charge in [0.05, 0.1) is 5.56 Å². The standard InChI is InChI=1S/C21H21FN4O3S/c22-17-5-2-1-4-16(17)21(28)26-10-3-9-25(11-12-26)19(27)7-6-18-23-24-20(29-18)15-8-13-30-14-15/h1-2,4-5,8,13-14H,3,6-7,9-12H2. The Labute approximate surface area is 177 Å². The quantitative estimate of drug-likeness (QED) is 0.623. The first-order chi connectivity index (χ1) is 14.6. The third-order valence-corrected chi connectivity index (χ3v) is 5.71. The van der Waals surface area contributed by atoms with Crippen LogP contribution in [0.4, 0.5) is 4.39 Å². The number of amides is 2. The lowest BCUT2D eigenvalue weighted by molar-refractivity contribution is -0.131. The van der Waals surface area contributed by atoms with Gasteiger partial charge in [0, 0.05) is 50.0 Å². The molecule has 0 saturated carbocycles. The van der Waals surface area contributed by atoms with Crippen molar-refractivity contribution >= 4 is 23.2 Å². The van der Waals surface area contributed by atoms with Crippen LogP contribution >= 0.6 is 11.3 Å². The Morgan fingerprint density at radius 2 is 1.87 bits per heavy atom. The van der Waals surface area contributed by atoms with Crippen molar-refractivity contribution in [1.82, 2.24) is 20.0 Å². The molecule has 30 heavy (non-hydrogen) atoms. The number of hydrogen-bond donors (Lipinski definition) is 0. The fraction of sp³-hybridized carbons (Fsp3) is 0.333. The molecule has 0 unspecified atom stereocenters. The maximum Gasteiger partial charge on any atom is 0.256 e. The molecule has 2 aromatic heterocycles. The topological polar surface area (TPSA) is 79.5 Å². The summed E-state index contributed by atoms with van der Waals surface area (Å²) in [6.07, 6.45) is 1.27. The van der Waals surface area contributed by atoms with Crippen LogP contribution in [0.5, 0.6) is 0 Å². The van der Waals surface area contributed by atoms with Crippen LogP contribution in [0.15, 0.2) is 45.5 Å². The first kappa shape index (κ1) is 20.2. The van der Waals surface area contributed by atoms with Gasteiger partial charge in [0.15, 0.2) is 0 Å². The SMILES string of the molecule is O=C(CCc1nnc(-c2ccsc2)o1)N1CCCN(C(=O)c2ccccc2F)CC1. The predicted octanol–water partition coefficient (Wildman–Crippen LogP) is 3.24. The van der Waals surface area contributed by atoms with E-state index in [0.29, 0.717) is 50.8 Å². The van der Waals surface area contributed by atoms with Crippen molar-refractivity contribution in [2.75, 3.05) is 26.2 Å². The lowest BCUT2D eigenvalue weighted by atomic mass is 10.2. The molecule has 1 aromatic carbocycles. The van der Waals surface area contributed by atoms with E-state index in [2.05, 4.69) is 10.2 Å². The van der Waals surface area contributed by atoms with Gasteiger partial charge in [-0.1, -0.05) is 12.1 Å². The van der Waals surface area contributed by atoms with Crippen LogP contribution in [0.3, 0.4) is 0 Å². The van der Waals surface area contributed by atoms with Gasteiger partial charge in [-0.3, -0.25) is 9.59 Å². The van der Waals surface area contributed by atoms with E-state index in [4.69, 9.17) is 4.42 Å². The van der Waals surface area contributed by atoms with Crippen LogP contribution < -0.4 is 0 Å². The van der Waals surface area contributed by atoms with Crippen LogP contribution in [0.1, 0.15) is 29.1 Å². The third-order valence-electron chi connectivity index (χ3n) is 5.03. The number of benzene rings is 1. The fourth-order valence-corrected chi connectivity index (χ4v) is 4.03. The molecule has 2 amide bonds. The van der Waals surface area contributed by atoms with E-state index in [1.165, 1.54) is 12.1 Å². The van der Waals surface area contributed by atoms with Gasteiger partial charge < -0.3 is 14.2 Å². The third kappa shape index (κ3) is 4.56. The maximum atomic E-state index is 13.9. The monoisotopic (exact) mass is 428 g/mol. The van der Waals surface area contributed by atoms with Crippen molar-refractivity contribution in [2.45, 2.75) is 19.3 Å². The number of aryl methyl sites for hydroxylation is 1. The molecule has 0 radical (unpaired) electrons. The summed E-state index contributed by atoms with van der Waals surface area (Å²) in [4.78, 5) is 28.6. The molecule has 0 aliphatic carbocycles. The molecular weight excluding hydrogens is 407 g/mol. The zero-order chi connectivity index (χ0) is 20.9. The molecule has 1 aliphatic heterocycles. The normalized spacial score (nSPS) is 14.6. The number of halogens is 1. The van der Waals surface area contributed by atoms with Crippen LogP contribution in [0.2, 0.25) is 0 Å². The van der Waals surface area contributed by atoms with E-state index in [1.807, 2.05) is 16.8 Å². The van der Waals surface area contributed by atoms with Gasteiger partial charge >= 0.3 is 0 Å². The summed E-state index contributed by atoms with van der Waals surface area (Å²) in [6, 6.07) is 7.87. The molecule has 1 saturated heterocycles.